The van der Waals surface area contributed by atoms with Crippen molar-refractivity contribution < 1.29 is 9.47 Å². The molecule has 0 aliphatic heterocycles. The number of para-hydroxylation sites is 1. The first kappa shape index (κ1) is 20.3. The van der Waals surface area contributed by atoms with Gasteiger partial charge in [0, 0.05) is 31.0 Å². The van der Waals surface area contributed by atoms with E-state index in [1.54, 1.807) is 7.11 Å². The molecule has 0 radical (unpaired) electrons. The Labute approximate surface area is 157 Å². The van der Waals surface area contributed by atoms with Crippen LogP contribution in [-0.4, -0.2) is 29.8 Å². The number of nitrogens with one attached hydrogen (secondary N) is 1. The predicted octanol–water partition coefficient (Wildman–Crippen LogP) is 4.42. The van der Waals surface area contributed by atoms with E-state index in [4.69, 9.17) is 9.47 Å². The van der Waals surface area contributed by atoms with Crippen LogP contribution in [0.3, 0.4) is 0 Å². The number of aryl methyl sites for hydroxylation is 1. The summed E-state index contributed by atoms with van der Waals surface area (Å²) in [6.45, 7) is 5.70. The van der Waals surface area contributed by atoms with Crippen molar-refractivity contribution in [2.75, 3.05) is 20.3 Å². The molecule has 0 unspecified atom stereocenters. The highest BCUT2D eigenvalue weighted by molar-refractivity contribution is 5.46. The van der Waals surface area contributed by atoms with E-state index in [1.165, 1.54) is 25.7 Å². The molecule has 0 amide bonds. The number of benzene rings is 1. The first-order valence-electron chi connectivity index (χ1n) is 9.80. The highest BCUT2D eigenvalue weighted by atomic mass is 16.5. The van der Waals surface area contributed by atoms with E-state index < -0.39 is 0 Å². The number of rotatable bonds is 14. The van der Waals surface area contributed by atoms with E-state index in [-0.39, 0.29) is 0 Å². The third kappa shape index (κ3) is 7.08. The molecule has 0 saturated heterocycles. The van der Waals surface area contributed by atoms with Crippen molar-refractivity contribution in [2.24, 2.45) is 0 Å². The van der Waals surface area contributed by atoms with E-state index in [0.717, 1.165) is 56.1 Å². The molecule has 0 bridgehead atoms. The maximum atomic E-state index is 6.08. The fourth-order valence-corrected chi connectivity index (χ4v) is 2.93. The second-order valence-corrected chi connectivity index (χ2v) is 6.54. The van der Waals surface area contributed by atoms with E-state index in [0.29, 0.717) is 0 Å². The largest absolute Gasteiger partial charge is 0.493 e. The topological polar surface area (TPSA) is 48.3 Å². The van der Waals surface area contributed by atoms with Gasteiger partial charge in [0.15, 0.2) is 11.5 Å². The molecular formula is C21H33N3O2. The van der Waals surface area contributed by atoms with Crippen molar-refractivity contribution in [3.05, 3.63) is 42.5 Å². The summed E-state index contributed by atoms with van der Waals surface area (Å²) in [4.78, 5) is 4.06. The zero-order chi connectivity index (χ0) is 18.5. The molecule has 1 N–H and O–H groups in total. The molecule has 144 valence electrons. The zero-order valence-electron chi connectivity index (χ0n) is 16.2. The summed E-state index contributed by atoms with van der Waals surface area (Å²) < 4.78 is 13.7. The minimum absolute atomic E-state index is 0.748. The van der Waals surface area contributed by atoms with Crippen molar-refractivity contribution in [3.63, 3.8) is 0 Å². The molecule has 0 saturated carbocycles. The average Bonchev–Trinajstić information content (AvgIpc) is 3.18. The van der Waals surface area contributed by atoms with Gasteiger partial charge in [0.2, 0.25) is 0 Å². The maximum absolute atomic E-state index is 6.08. The molecule has 1 aromatic carbocycles. The van der Waals surface area contributed by atoms with Crippen LogP contribution in [0, 0.1) is 0 Å². The molecule has 5 heteroatoms. The normalized spacial score (nSPS) is 10.8. The van der Waals surface area contributed by atoms with Gasteiger partial charge >= 0.3 is 0 Å². The lowest BCUT2D eigenvalue weighted by atomic mass is 10.1. The summed E-state index contributed by atoms with van der Waals surface area (Å²) in [5.74, 6) is 1.70. The minimum Gasteiger partial charge on any atom is -0.493 e. The first-order valence-corrected chi connectivity index (χ1v) is 9.80. The Morgan fingerprint density at radius 1 is 1.12 bits per heavy atom. The minimum atomic E-state index is 0.748. The number of nitrogens with zero attached hydrogens (tertiary/aromatic N) is 2. The van der Waals surface area contributed by atoms with Gasteiger partial charge in [0.25, 0.3) is 0 Å². The number of aromatic nitrogens is 2. The smallest absolute Gasteiger partial charge is 0.165 e. The van der Waals surface area contributed by atoms with E-state index in [9.17, 15) is 0 Å². The van der Waals surface area contributed by atoms with E-state index in [1.807, 2.05) is 30.9 Å². The summed E-state index contributed by atoms with van der Waals surface area (Å²) in [6.07, 6.45) is 12.9. The molecule has 0 atom stereocenters. The standard InChI is InChI=1S/C21H33N3O2/c1-3-4-5-6-7-16-26-21-19(10-8-11-20(21)25-2)17-22-12-9-14-24-15-13-23-18-24/h8,10-11,13,15,18,22H,3-7,9,12,14,16-17H2,1-2H3. The van der Waals surface area contributed by atoms with Gasteiger partial charge < -0.3 is 19.4 Å². The van der Waals surface area contributed by atoms with Gasteiger partial charge in [-0.3, -0.25) is 0 Å². The van der Waals surface area contributed by atoms with Crippen molar-refractivity contribution in [1.82, 2.24) is 14.9 Å². The van der Waals surface area contributed by atoms with Gasteiger partial charge in [-0.05, 0) is 25.5 Å². The van der Waals surface area contributed by atoms with E-state index in [2.05, 4.69) is 27.9 Å². The lowest BCUT2D eigenvalue weighted by molar-refractivity contribution is 0.281. The zero-order valence-corrected chi connectivity index (χ0v) is 16.2. The molecule has 0 aliphatic rings. The lowest BCUT2D eigenvalue weighted by Crippen LogP contribution is -2.17. The number of methoxy groups -OCH3 is 1. The van der Waals surface area contributed by atoms with Crippen LogP contribution < -0.4 is 14.8 Å². The third-order valence-corrected chi connectivity index (χ3v) is 4.42. The van der Waals surface area contributed by atoms with Crippen molar-refractivity contribution in [3.8, 4) is 11.5 Å². The van der Waals surface area contributed by atoms with Gasteiger partial charge in [0.1, 0.15) is 0 Å². The van der Waals surface area contributed by atoms with Crippen molar-refractivity contribution in [1.29, 1.82) is 0 Å². The molecule has 0 fully saturated rings. The molecule has 5 nitrogen and oxygen atoms in total. The highest BCUT2D eigenvalue weighted by Gasteiger charge is 2.10. The van der Waals surface area contributed by atoms with Gasteiger partial charge in [-0.2, -0.15) is 0 Å². The third-order valence-electron chi connectivity index (χ3n) is 4.42. The number of hydrogen-bond donors (Lipinski definition) is 1. The van der Waals surface area contributed by atoms with Crippen LogP contribution in [0.2, 0.25) is 0 Å². The SMILES string of the molecule is CCCCCCCOc1c(CNCCCn2ccnc2)cccc1OC. The van der Waals surface area contributed by atoms with Crippen LogP contribution in [0.4, 0.5) is 0 Å². The van der Waals surface area contributed by atoms with Crippen LogP contribution in [0.25, 0.3) is 0 Å². The first-order chi connectivity index (χ1) is 12.8. The van der Waals surface area contributed by atoms with Crippen LogP contribution in [0.1, 0.15) is 51.0 Å². The fourth-order valence-electron chi connectivity index (χ4n) is 2.93. The summed E-state index contributed by atoms with van der Waals surface area (Å²) in [5.41, 5.74) is 1.15. The molecule has 26 heavy (non-hydrogen) atoms. The van der Waals surface area contributed by atoms with Gasteiger partial charge in [0.05, 0.1) is 20.0 Å². The fraction of sp³-hybridized carbons (Fsp3) is 0.571. The summed E-state index contributed by atoms with van der Waals surface area (Å²) >= 11 is 0. The van der Waals surface area contributed by atoms with Gasteiger partial charge in [-0.25, -0.2) is 4.98 Å². The summed E-state index contributed by atoms with van der Waals surface area (Å²) in [7, 11) is 1.70. The van der Waals surface area contributed by atoms with Crippen LogP contribution in [0.5, 0.6) is 11.5 Å². The van der Waals surface area contributed by atoms with Crippen LogP contribution >= 0.6 is 0 Å². The Kier molecular flexibility index (Phi) is 9.65. The summed E-state index contributed by atoms with van der Waals surface area (Å²) in [5, 5.41) is 3.50. The predicted molar refractivity (Wildman–Crippen MR) is 106 cm³/mol. The van der Waals surface area contributed by atoms with Crippen LogP contribution in [-0.2, 0) is 13.1 Å². The highest BCUT2D eigenvalue weighted by Crippen LogP contribution is 2.31. The molecule has 1 aromatic heterocycles. The second kappa shape index (κ2) is 12.4. The van der Waals surface area contributed by atoms with Crippen molar-refractivity contribution in [2.45, 2.75) is 58.5 Å². The lowest BCUT2D eigenvalue weighted by Gasteiger charge is -2.15. The van der Waals surface area contributed by atoms with Gasteiger partial charge in [-0.15, -0.1) is 0 Å². The van der Waals surface area contributed by atoms with Crippen LogP contribution in [0.15, 0.2) is 36.9 Å². The molecule has 0 aliphatic carbocycles. The van der Waals surface area contributed by atoms with E-state index >= 15 is 0 Å². The quantitative estimate of drug-likeness (QED) is 0.507. The Bertz CT molecular complexity index is 599. The second-order valence-electron chi connectivity index (χ2n) is 6.54. The molecule has 2 aromatic rings. The Morgan fingerprint density at radius 3 is 2.77 bits per heavy atom. The summed E-state index contributed by atoms with van der Waals surface area (Å²) in [6, 6.07) is 6.10. The number of unbranched alkanes of at least 4 members (excludes halogenated alkanes) is 4. The molecular weight excluding hydrogens is 326 g/mol. The molecule has 1 heterocycles. The Morgan fingerprint density at radius 2 is 2.00 bits per heavy atom. The number of hydrogen-bond acceptors (Lipinski definition) is 4. The monoisotopic (exact) mass is 359 g/mol. The van der Waals surface area contributed by atoms with Crippen molar-refractivity contribution >= 4 is 0 Å². The number of imidazole rings is 1. The van der Waals surface area contributed by atoms with Gasteiger partial charge in [-0.1, -0.05) is 44.7 Å². The molecule has 2 rings (SSSR count). The Balaban J connectivity index is 1.76. The Hall–Kier alpha value is -2.01. The average molecular weight is 360 g/mol. The number of ether oxygens (including phenoxy) is 2. The maximum Gasteiger partial charge on any atom is 0.165 e. The molecule has 0 spiro atoms.